The molecule has 0 atom stereocenters. The first kappa shape index (κ1) is 15.9. The van der Waals surface area contributed by atoms with Gasteiger partial charge in [0.2, 0.25) is 5.88 Å². The largest absolute Gasteiger partial charge is 0.438 e. The van der Waals surface area contributed by atoms with Crippen molar-refractivity contribution in [1.29, 1.82) is 0 Å². The van der Waals surface area contributed by atoms with Crippen LogP contribution >= 0.6 is 23.2 Å². The molecule has 1 aromatic heterocycles. The molecular formula is C15H17Cl2N3O. The zero-order valence-electron chi connectivity index (χ0n) is 12.0. The van der Waals surface area contributed by atoms with Gasteiger partial charge in [-0.3, -0.25) is 0 Å². The Labute approximate surface area is 134 Å². The lowest BCUT2D eigenvalue weighted by atomic mass is 10.2. The molecule has 0 aliphatic heterocycles. The number of nitrogens with zero attached hydrogens (tertiary/aromatic N) is 2. The highest BCUT2D eigenvalue weighted by molar-refractivity contribution is 6.42. The van der Waals surface area contributed by atoms with Gasteiger partial charge in [-0.2, -0.15) is 0 Å². The zero-order valence-corrected chi connectivity index (χ0v) is 13.5. The van der Waals surface area contributed by atoms with Crippen LogP contribution in [0, 0.1) is 0 Å². The van der Waals surface area contributed by atoms with Gasteiger partial charge >= 0.3 is 0 Å². The highest BCUT2D eigenvalue weighted by atomic mass is 35.5. The fraction of sp³-hybridized carbons (Fsp3) is 0.333. The van der Waals surface area contributed by atoms with Crippen molar-refractivity contribution in [2.75, 3.05) is 11.9 Å². The van der Waals surface area contributed by atoms with Crippen molar-refractivity contribution >= 4 is 29.0 Å². The highest BCUT2D eigenvalue weighted by Crippen LogP contribution is 2.31. The van der Waals surface area contributed by atoms with E-state index in [1.165, 1.54) is 6.33 Å². The number of halogens is 2. The Balaban J connectivity index is 2.28. The SMILES string of the molecule is CCCNc1ncnc(Oc2ccc(Cl)c(Cl)c2)c1CC. The third kappa shape index (κ3) is 3.99. The minimum atomic E-state index is 0.450. The van der Waals surface area contributed by atoms with Crippen molar-refractivity contribution in [1.82, 2.24) is 9.97 Å². The molecule has 21 heavy (non-hydrogen) atoms. The zero-order chi connectivity index (χ0) is 15.2. The van der Waals surface area contributed by atoms with Gasteiger partial charge in [0.15, 0.2) is 0 Å². The van der Waals surface area contributed by atoms with E-state index in [1.54, 1.807) is 18.2 Å². The Morgan fingerprint density at radius 2 is 1.95 bits per heavy atom. The summed E-state index contributed by atoms with van der Waals surface area (Å²) in [6, 6.07) is 5.13. The van der Waals surface area contributed by atoms with E-state index in [-0.39, 0.29) is 0 Å². The fourth-order valence-corrected chi connectivity index (χ4v) is 2.14. The van der Waals surface area contributed by atoms with Crippen molar-refractivity contribution in [3.63, 3.8) is 0 Å². The first-order valence-corrected chi connectivity index (χ1v) is 7.62. The Kier molecular flexibility index (Phi) is 5.65. The Bertz CT molecular complexity index is 620. The molecule has 0 unspecified atom stereocenters. The molecule has 0 saturated carbocycles. The molecule has 2 aromatic rings. The van der Waals surface area contributed by atoms with Gasteiger partial charge in [0.05, 0.1) is 15.6 Å². The van der Waals surface area contributed by atoms with Gasteiger partial charge in [0.1, 0.15) is 17.9 Å². The summed E-state index contributed by atoms with van der Waals surface area (Å²) >= 11 is 11.9. The maximum absolute atomic E-state index is 6.00. The van der Waals surface area contributed by atoms with Crippen molar-refractivity contribution in [2.45, 2.75) is 26.7 Å². The van der Waals surface area contributed by atoms with Gasteiger partial charge < -0.3 is 10.1 Å². The number of aromatic nitrogens is 2. The molecule has 1 aromatic carbocycles. The summed E-state index contributed by atoms with van der Waals surface area (Å²) in [5, 5.41) is 4.23. The van der Waals surface area contributed by atoms with E-state index in [9.17, 15) is 0 Å². The van der Waals surface area contributed by atoms with Gasteiger partial charge in [-0.1, -0.05) is 37.0 Å². The molecule has 0 amide bonds. The van der Waals surface area contributed by atoms with Crippen LogP contribution in [0.1, 0.15) is 25.8 Å². The van der Waals surface area contributed by atoms with Gasteiger partial charge in [0.25, 0.3) is 0 Å². The van der Waals surface area contributed by atoms with E-state index in [4.69, 9.17) is 27.9 Å². The summed E-state index contributed by atoms with van der Waals surface area (Å²) in [5.74, 6) is 1.94. The molecule has 1 heterocycles. The van der Waals surface area contributed by atoms with E-state index < -0.39 is 0 Å². The van der Waals surface area contributed by atoms with Crippen LogP contribution in [0.4, 0.5) is 5.82 Å². The monoisotopic (exact) mass is 325 g/mol. The summed E-state index contributed by atoms with van der Waals surface area (Å²) in [4.78, 5) is 8.49. The van der Waals surface area contributed by atoms with Crippen LogP contribution < -0.4 is 10.1 Å². The normalized spacial score (nSPS) is 10.5. The first-order valence-electron chi connectivity index (χ1n) is 6.86. The molecule has 4 nitrogen and oxygen atoms in total. The molecule has 0 aliphatic rings. The van der Waals surface area contributed by atoms with E-state index >= 15 is 0 Å². The quantitative estimate of drug-likeness (QED) is 0.815. The minimum absolute atomic E-state index is 0.450. The summed E-state index contributed by atoms with van der Waals surface area (Å²) < 4.78 is 5.82. The third-order valence-corrected chi connectivity index (χ3v) is 3.65. The minimum Gasteiger partial charge on any atom is -0.438 e. The van der Waals surface area contributed by atoms with E-state index in [2.05, 4.69) is 22.2 Å². The molecule has 6 heteroatoms. The van der Waals surface area contributed by atoms with E-state index in [0.29, 0.717) is 21.7 Å². The number of hydrogen-bond donors (Lipinski definition) is 1. The fourth-order valence-electron chi connectivity index (χ4n) is 1.85. The Morgan fingerprint density at radius 3 is 2.62 bits per heavy atom. The second kappa shape index (κ2) is 7.48. The van der Waals surface area contributed by atoms with Crippen LogP contribution in [0.15, 0.2) is 24.5 Å². The predicted octanol–water partition coefficient (Wildman–Crippen LogP) is 4.96. The van der Waals surface area contributed by atoms with Gasteiger partial charge in [-0.25, -0.2) is 9.97 Å². The lowest BCUT2D eigenvalue weighted by Gasteiger charge is -2.13. The number of hydrogen-bond acceptors (Lipinski definition) is 4. The third-order valence-electron chi connectivity index (χ3n) is 2.91. The number of ether oxygens (including phenoxy) is 1. The molecule has 1 N–H and O–H groups in total. The highest BCUT2D eigenvalue weighted by Gasteiger charge is 2.12. The van der Waals surface area contributed by atoms with Crippen LogP contribution in [-0.4, -0.2) is 16.5 Å². The number of anilines is 1. The lowest BCUT2D eigenvalue weighted by Crippen LogP contribution is -2.07. The predicted molar refractivity (Wildman–Crippen MR) is 86.7 cm³/mol. The maximum atomic E-state index is 6.00. The summed E-state index contributed by atoms with van der Waals surface area (Å²) in [7, 11) is 0. The summed E-state index contributed by atoms with van der Waals surface area (Å²) in [5.41, 5.74) is 0.942. The number of rotatable bonds is 6. The van der Waals surface area contributed by atoms with Crippen molar-refractivity contribution in [2.24, 2.45) is 0 Å². The van der Waals surface area contributed by atoms with Crippen molar-refractivity contribution in [3.8, 4) is 11.6 Å². The van der Waals surface area contributed by atoms with Crippen LogP contribution in [0.3, 0.4) is 0 Å². The molecule has 2 rings (SSSR count). The average Bonchev–Trinajstić information content (AvgIpc) is 2.49. The topological polar surface area (TPSA) is 47.0 Å². The molecule has 0 bridgehead atoms. The Morgan fingerprint density at radius 1 is 1.14 bits per heavy atom. The summed E-state index contributed by atoms with van der Waals surface area (Å²) in [6.07, 6.45) is 3.28. The second-order valence-electron chi connectivity index (χ2n) is 4.46. The van der Waals surface area contributed by atoms with Crippen molar-refractivity contribution < 1.29 is 4.74 Å². The van der Waals surface area contributed by atoms with Gasteiger partial charge in [-0.05, 0) is 25.0 Å². The molecule has 0 radical (unpaired) electrons. The van der Waals surface area contributed by atoms with Crippen molar-refractivity contribution in [3.05, 3.63) is 40.1 Å². The second-order valence-corrected chi connectivity index (χ2v) is 5.28. The van der Waals surface area contributed by atoms with Crippen LogP contribution in [0.2, 0.25) is 10.0 Å². The number of benzene rings is 1. The van der Waals surface area contributed by atoms with Gasteiger partial charge in [-0.15, -0.1) is 0 Å². The number of nitrogens with one attached hydrogen (secondary N) is 1. The molecule has 0 saturated heterocycles. The molecule has 0 spiro atoms. The standard InChI is InChI=1S/C15H17Cl2N3O/c1-3-7-18-14-11(4-2)15(20-9-19-14)21-10-5-6-12(16)13(17)8-10/h5-6,8-9H,3-4,7H2,1-2H3,(H,18,19,20). The lowest BCUT2D eigenvalue weighted by molar-refractivity contribution is 0.455. The first-order chi connectivity index (χ1) is 10.2. The van der Waals surface area contributed by atoms with Crippen LogP contribution in [-0.2, 0) is 6.42 Å². The van der Waals surface area contributed by atoms with E-state index in [1.807, 2.05) is 6.92 Å². The van der Waals surface area contributed by atoms with Gasteiger partial charge in [0, 0.05) is 12.6 Å². The van der Waals surface area contributed by atoms with E-state index in [0.717, 1.165) is 30.8 Å². The smallest absolute Gasteiger partial charge is 0.227 e. The Hall–Kier alpha value is -1.52. The molecule has 112 valence electrons. The van der Waals surface area contributed by atoms with Crippen LogP contribution in [0.5, 0.6) is 11.6 Å². The molecule has 0 aliphatic carbocycles. The maximum Gasteiger partial charge on any atom is 0.227 e. The average molecular weight is 326 g/mol. The summed E-state index contributed by atoms with van der Waals surface area (Å²) in [6.45, 7) is 5.00. The molecule has 0 fully saturated rings. The van der Waals surface area contributed by atoms with Crippen LogP contribution in [0.25, 0.3) is 0 Å². The molecular weight excluding hydrogens is 309 g/mol.